The Bertz CT molecular complexity index is 1780. The van der Waals surface area contributed by atoms with E-state index in [2.05, 4.69) is 30.9 Å². The first kappa shape index (κ1) is 25.7. The predicted octanol–water partition coefficient (Wildman–Crippen LogP) is 4.10. The molecule has 1 amide bonds. The van der Waals surface area contributed by atoms with E-state index in [1.807, 2.05) is 0 Å². The van der Waals surface area contributed by atoms with Crippen LogP contribution in [0.5, 0.6) is 0 Å². The molecule has 206 valence electrons. The van der Waals surface area contributed by atoms with Gasteiger partial charge < -0.3 is 10.4 Å². The summed E-state index contributed by atoms with van der Waals surface area (Å²) in [5.41, 5.74) is 1.90. The van der Waals surface area contributed by atoms with Gasteiger partial charge in [-0.15, -0.1) is 10.2 Å². The van der Waals surface area contributed by atoms with Crippen LogP contribution in [-0.4, -0.2) is 56.2 Å². The van der Waals surface area contributed by atoms with E-state index in [-0.39, 0.29) is 35.1 Å². The smallest absolute Gasteiger partial charge is 0.259 e. The number of nitrogens with one attached hydrogen (secondary N) is 1. The Hall–Kier alpha value is -4.52. The van der Waals surface area contributed by atoms with Crippen molar-refractivity contribution < 1.29 is 18.7 Å². The number of amides is 1. The molecule has 4 heterocycles. The Balaban J connectivity index is 1.32. The quantitative estimate of drug-likeness (QED) is 0.314. The zero-order chi connectivity index (χ0) is 28.3. The number of pyridine rings is 1. The molecule has 1 aromatic carbocycles. The number of benzene rings is 1. The van der Waals surface area contributed by atoms with Crippen LogP contribution in [0.1, 0.15) is 54.3 Å². The van der Waals surface area contributed by atoms with Crippen LogP contribution in [0.4, 0.5) is 14.5 Å². The maximum Gasteiger partial charge on any atom is 0.259 e. The van der Waals surface area contributed by atoms with Crippen molar-refractivity contribution in [1.29, 1.82) is 0 Å². The fraction of sp³-hybridized carbons (Fsp3) is 0.333. The summed E-state index contributed by atoms with van der Waals surface area (Å²) >= 11 is 0. The van der Waals surface area contributed by atoms with E-state index in [4.69, 9.17) is 0 Å². The number of rotatable bonds is 7. The molecule has 1 aliphatic carbocycles. The second-order valence-corrected chi connectivity index (χ2v) is 10.8. The van der Waals surface area contributed by atoms with Gasteiger partial charge in [0.1, 0.15) is 11.6 Å². The molecule has 6 rings (SSSR count). The standard InChI is InChI=1S/C27H27F2N9O2/c1-14-7-21(28)18(25-32-35-38(34-25)16-5-6-16)8-23(14)31-26(39)19-10-30-37-12-22(29)17(9-24(19)37)20-11-36(33-15(20)2)13-27(3,4)40/h7-12,16,40H,5-6,13H2,1-4H3,(H,31,39). The lowest BCUT2D eigenvalue weighted by molar-refractivity contribution is 0.0577. The number of carbonyl (C=O) groups excluding carboxylic acids is 1. The van der Waals surface area contributed by atoms with Gasteiger partial charge in [0, 0.05) is 23.0 Å². The normalized spacial score (nSPS) is 13.8. The zero-order valence-corrected chi connectivity index (χ0v) is 22.4. The maximum atomic E-state index is 15.1. The summed E-state index contributed by atoms with van der Waals surface area (Å²) in [5, 5.41) is 33.8. The number of carbonyl (C=O) groups is 1. The Morgan fingerprint density at radius 3 is 2.58 bits per heavy atom. The number of hydrogen-bond acceptors (Lipinski definition) is 7. The Morgan fingerprint density at radius 1 is 1.07 bits per heavy atom. The monoisotopic (exact) mass is 547 g/mol. The van der Waals surface area contributed by atoms with Crippen LogP contribution in [0.2, 0.25) is 0 Å². The third-order valence-electron chi connectivity index (χ3n) is 6.74. The van der Waals surface area contributed by atoms with Crippen LogP contribution in [0.25, 0.3) is 28.0 Å². The van der Waals surface area contributed by atoms with Gasteiger partial charge in [-0.05, 0) is 69.5 Å². The highest BCUT2D eigenvalue weighted by Gasteiger charge is 2.27. The summed E-state index contributed by atoms with van der Waals surface area (Å²) in [6.07, 6.45) is 6.13. The van der Waals surface area contributed by atoms with Gasteiger partial charge in [0.15, 0.2) is 0 Å². The Morgan fingerprint density at radius 2 is 1.85 bits per heavy atom. The van der Waals surface area contributed by atoms with Crippen LogP contribution in [-0.2, 0) is 6.54 Å². The molecule has 1 fully saturated rings. The van der Waals surface area contributed by atoms with E-state index in [0.29, 0.717) is 28.0 Å². The number of hydrogen-bond donors (Lipinski definition) is 2. The molecule has 0 aliphatic heterocycles. The van der Waals surface area contributed by atoms with E-state index >= 15 is 4.39 Å². The lowest BCUT2D eigenvalue weighted by Gasteiger charge is -2.16. The number of halogens is 2. The molecule has 0 bridgehead atoms. The van der Waals surface area contributed by atoms with Gasteiger partial charge in [0.05, 0.1) is 52.9 Å². The van der Waals surface area contributed by atoms with Crippen molar-refractivity contribution >= 4 is 17.1 Å². The molecule has 0 unspecified atom stereocenters. The Labute approximate surface area is 227 Å². The molecule has 2 N–H and O–H groups in total. The number of aromatic nitrogens is 8. The van der Waals surface area contributed by atoms with Crippen molar-refractivity contribution in [3.05, 3.63) is 65.2 Å². The van der Waals surface area contributed by atoms with Crippen LogP contribution in [0, 0.1) is 25.5 Å². The van der Waals surface area contributed by atoms with Gasteiger partial charge >= 0.3 is 0 Å². The van der Waals surface area contributed by atoms with Crippen LogP contribution >= 0.6 is 0 Å². The van der Waals surface area contributed by atoms with E-state index in [1.165, 1.54) is 33.8 Å². The second kappa shape index (κ2) is 9.30. The molecule has 40 heavy (non-hydrogen) atoms. The molecule has 5 aromatic rings. The predicted molar refractivity (Wildman–Crippen MR) is 142 cm³/mol. The summed E-state index contributed by atoms with van der Waals surface area (Å²) in [6, 6.07) is 4.52. The van der Waals surface area contributed by atoms with E-state index < -0.39 is 23.1 Å². The van der Waals surface area contributed by atoms with Gasteiger partial charge in [-0.2, -0.15) is 15.0 Å². The summed E-state index contributed by atoms with van der Waals surface area (Å²) in [7, 11) is 0. The van der Waals surface area contributed by atoms with Crippen molar-refractivity contribution in [2.45, 2.75) is 58.7 Å². The Kier molecular flexibility index (Phi) is 5.98. The van der Waals surface area contributed by atoms with Crippen LogP contribution < -0.4 is 5.32 Å². The number of aryl methyl sites for hydroxylation is 2. The molecule has 1 saturated carbocycles. The highest BCUT2D eigenvalue weighted by atomic mass is 19.1. The summed E-state index contributed by atoms with van der Waals surface area (Å²) in [6.45, 7) is 6.97. The first-order valence-corrected chi connectivity index (χ1v) is 12.8. The number of anilines is 1. The fourth-order valence-corrected chi connectivity index (χ4v) is 4.60. The zero-order valence-electron chi connectivity index (χ0n) is 22.4. The fourth-order valence-electron chi connectivity index (χ4n) is 4.60. The molecular weight excluding hydrogens is 520 g/mol. The molecule has 1 aliphatic rings. The largest absolute Gasteiger partial charge is 0.389 e. The van der Waals surface area contributed by atoms with Gasteiger partial charge in [-0.3, -0.25) is 9.48 Å². The van der Waals surface area contributed by atoms with Gasteiger partial charge in [0.2, 0.25) is 5.82 Å². The highest BCUT2D eigenvalue weighted by Crippen LogP contribution is 2.34. The summed E-state index contributed by atoms with van der Waals surface area (Å²) in [5.74, 6) is -1.43. The lowest BCUT2D eigenvalue weighted by atomic mass is 10.1. The third-order valence-corrected chi connectivity index (χ3v) is 6.74. The van der Waals surface area contributed by atoms with Gasteiger partial charge in [-0.1, -0.05) is 0 Å². The lowest BCUT2D eigenvalue weighted by Crippen LogP contribution is -2.26. The minimum atomic E-state index is -1.00. The van der Waals surface area contributed by atoms with E-state index in [1.54, 1.807) is 44.6 Å². The first-order valence-electron chi connectivity index (χ1n) is 12.8. The SMILES string of the molecule is Cc1cc(F)c(-c2nnn(C3CC3)n2)cc1NC(=O)c1cnn2cc(F)c(-c3cn(CC(C)(C)O)nc3C)cc12. The van der Waals surface area contributed by atoms with Crippen LogP contribution in [0.15, 0.2) is 36.8 Å². The minimum absolute atomic E-state index is 0.121. The molecule has 0 radical (unpaired) electrons. The number of nitrogens with zero attached hydrogens (tertiary/aromatic N) is 8. The molecule has 13 heteroatoms. The van der Waals surface area contributed by atoms with Crippen molar-refractivity contribution in [2.24, 2.45) is 0 Å². The summed E-state index contributed by atoms with van der Waals surface area (Å²) < 4.78 is 32.8. The maximum absolute atomic E-state index is 15.1. The van der Waals surface area contributed by atoms with Crippen molar-refractivity contribution in [2.75, 3.05) is 5.32 Å². The average molecular weight is 548 g/mol. The summed E-state index contributed by atoms with van der Waals surface area (Å²) in [4.78, 5) is 14.9. The molecule has 0 saturated heterocycles. The van der Waals surface area contributed by atoms with Gasteiger partial charge in [-0.25, -0.2) is 13.3 Å². The highest BCUT2D eigenvalue weighted by molar-refractivity contribution is 6.09. The molecule has 0 atom stereocenters. The second-order valence-electron chi connectivity index (χ2n) is 10.8. The van der Waals surface area contributed by atoms with Crippen LogP contribution in [0.3, 0.4) is 0 Å². The van der Waals surface area contributed by atoms with Gasteiger partial charge in [0.25, 0.3) is 5.91 Å². The van der Waals surface area contributed by atoms with Crippen molar-refractivity contribution in [3.63, 3.8) is 0 Å². The topological polar surface area (TPSA) is 128 Å². The van der Waals surface area contributed by atoms with Crippen molar-refractivity contribution in [1.82, 2.24) is 39.6 Å². The minimum Gasteiger partial charge on any atom is -0.389 e. The van der Waals surface area contributed by atoms with E-state index in [9.17, 15) is 14.3 Å². The molecule has 11 nitrogen and oxygen atoms in total. The van der Waals surface area contributed by atoms with E-state index in [0.717, 1.165) is 12.8 Å². The van der Waals surface area contributed by atoms with Crippen molar-refractivity contribution in [3.8, 4) is 22.5 Å². The molecule has 4 aromatic heterocycles. The molecule has 0 spiro atoms. The first-order chi connectivity index (χ1) is 19.0. The molecular formula is C27H27F2N9O2. The number of tetrazole rings is 1. The average Bonchev–Trinajstić information content (AvgIpc) is 3.28. The number of aliphatic hydroxyl groups is 1. The number of fused-ring (bicyclic) bond motifs is 1. The third kappa shape index (κ3) is 4.83.